The summed E-state index contributed by atoms with van der Waals surface area (Å²) in [5, 5.41) is 0. The van der Waals surface area contributed by atoms with Crippen LogP contribution in [-0.4, -0.2) is 30.0 Å². The molecule has 1 saturated carbocycles. The fraction of sp³-hybridized carbons (Fsp3) is 0.875. The maximum Gasteiger partial charge on any atom is 0.191 e. The number of hydrogen-bond acceptors (Lipinski definition) is 3. The summed E-state index contributed by atoms with van der Waals surface area (Å²) in [6.07, 6.45) is 2.77. The van der Waals surface area contributed by atoms with E-state index in [1.165, 1.54) is 12.8 Å². The molecule has 2 rings (SSSR count). The second-order valence-electron chi connectivity index (χ2n) is 3.64. The molecule has 0 aromatic carbocycles. The van der Waals surface area contributed by atoms with Gasteiger partial charge in [0.05, 0.1) is 6.54 Å². The number of hydrogen-bond donors (Lipinski definition) is 1. The fourth-order valence-corrected chi connectivity index (χ4v) is 1.49. The van der Waals surface area contributed by atoms with Crippen molar-refractivity contribution >= 4 is 5.96 Å². The third-order valence-electron chi connectivity index (χ3n) is 2.50. The number of aliphatic imine (C=N–C) groups is 1. The molecule has 1 atom stereocenters. The summed E-state index contributed by atoms with van der Waals surface area (Å²) < 4.78 is 0. The van der Waals surface area contributed by atoms with E-state index >= 15 is 0 Å². The third kappa shape index (κ3) is 1.32. The molecule has 2 aliphatic rings. The summed E-state index contributed by atoms with van der Waals surface area (Å²) in [6, 6.07) is 0.538. The third-order valence-corrected chi connectivity index (χ3v) is 2.50. The molecule has 62 valence electrons. The first-order chi connectivity index (χ1) is 5.27. The molecule has 3 nitrogen and oxygen atoms in total. The molecule has 1 heterocycles. The lowest BCUT2D eigenvalue weighted by Gasteiger charge is -2.22. The zero-order valence-corrected chi connectivity index (χ0v) is 6.95. The van der Waals surface area contributed by atoms with E-state index in [0.29, 0.717) is 6.04 Å². The highest BCUT2D eigenvalue weighted by Gasteiger charge is 2.29. The molecular weight excluding hydrogens is 138 g/mol. The van der Waals surface area contributed by atoms with Crippen LogP contribution >= 0.6 is 0 Å². The first-order valence-electron chi connectivity index (χ1n) is 4.34. The van der Waals surface area contributed by atoms with Crippen LogP contribution in [0.2, 0.25) is 0 Å². The lowest BCUT2D eigenvalue weighted by Crippen LogP contribution is -2.40. The molecule has 1 fully saturated rings. The standard InChI is InChI=1S/C8H15N3/c1-6-4-10-8(9)11(6)5-7-2-3-7/h6-7H,2-5H2,1H3,(H2,9,10). The van der Waals surface area contributed by atoms with Crippen LogP contribution in [0.25, 0.3) is 0 Å². The quantitative estimate of drug-likeness (QED) is 0.624. The smallest absolute Gasteiger partial charge is 0.191 e. The van der Waals surface area contributed by atoms with Crippen molar-refractivity contribution in [3.8, 4) is 0 Å². The molecule has 0 aromatic heterocycles. The molecule has 1 aliphatic carbocycles. The zero-order chi connectivity index (χ0) is 7.84. The zero-order valence-electron chi connectivity index (χ0n) is 6.95. The summed E-state index contributed by atoms with van der Waals surface area (Å²) in [6.45, 7) is 4.21. The van der Waals surface area contributed by atoms with Gasteiger partial charge in [0.15, 0.2) is 5.96 Å². The van der Waals surface area contributed by atoms with Crippen molar-refractivity contribution in [1.29, 1.82) is 0 Å². The Kier molecular flexibility index (Phi) is 1.51. The van der Waals surface area contributed by atoms with Crippen molar-refractivity contribution in [3.05, 3.63) is 0 Å². The fourth-order valence-electron chi connectivity index (χ4n) is 1.49. The predicted octanol–water partition coefficient (Wildman–Crippen LogP) is 0.415. The van der Waals surface area contributed by atoms with Gasteiger partial charge < -0.3 is 10.6 Å². The first kappa shape index (κ1) is 6.95. The van der Waals surface area contributed by atoms with Gasteiger partial charge >= 0.3 is 0 Å². The molecule has 0 spiro atoms. The lowest BCUT2D eigenvalue weighted by molar-refractivity contribution is 0.346. The summed E-state index contributed by atoms with van der Waals surface area (Å²) in [7, 11) is 0. The second kappa shape index (κ2) is 2.40. The van der Waals surface area contributed by atoms with Crippen LogP contribution in [0.15, 0.2) is 4.99 Å². The molecular formula is C8H15N3. The summed E-state index contributed by atoms with van der Waals surface area (Å²) in [4.78, 5) is 6.43. The Bertz CT molecular complexity index is 184. The summed E-state index contributed by atoms with van der Waals surface area (Å²) >= 11 is 0. The summed E-state index contributed by atoms with van der Waals surface area (Å²) in [5.41, 5.74) is 5.72. The number of guanidine groups is 1. The highest BCUT2D eigenvalue weighted by atomic mass is 15.3. The van der Waals surface area contributed by atoms with Crippen LogP contribution in [0.3, 0.4) is 0 Å². The van der Waals surface area contributed by atoms with Gasteiger partial charge in [0.1, 0.15) is 0 Å². The first-order valence-corrected chi connectivity index (χ1v) is 4.34. The Morgan fingerprint density at radius 2 is 2.36 bits per heavy atom. The van der Waals surface area contributed by atoms with Gasteiger partial charge in [0.25, 0.3) is 0 Å². The lowest BCUT2D eigenvalue weighted by atomic mass is 10.3. The van der Waals surface area contributed by atoms with Gasteiger partial charge in [-0.05, 0) is 25.7 Å². The Morgan fingerprint density at radius 3 is 2.82 bits per heavy atom. The van der Waals surface area contributed by atoms with Gasteiger partial charge in [-0.3, -0.25) is 4.99 Å². The molecule has 11 heavy (non-hydrogen) atoms. The van der Waals surface area contributed by atoms with E-state index in [1.54, 1.807) is 0 Å². The number of rotatable bonds is 2. The van der Waals surface area contributed by atoms with Gasteiger partial charge in [-0.1, -0.05) is 0 Å². The van der Waals surface area contributed by atoms with Gasteiger partial charge in [-0.25, -0.2) is 0 Å². The average molecular weight is 153 g/mol. The molecule has 1 unspecified atom stereocenters. The Morgan fingerprint density at radius 1 is 1.64 bits per heavy atom. The van der Waals surface area contributed by atoms with Gasteiger partial charge in [-0.2, -0.15) is 0 Å². The molecule has 0 bridgehead atoms. The van der Waals surface area contributed by atoms with Crippen molar-refractivity contribution in [2.45, 2.75) is 25.8 Å². The topological polar surface area (TPSA) is 41.6 Å². The van der Waals surface area contributed by atoms with E-state index in [2.05, 4.69) is 16.8 Å². The molecule has 3 heteroatoms. The highest BCUT2D eigenvalue weighted by Crippen LogP contribution is 2.30. The van der Waals surface area contributed by atoms with Crippen LogP contribution in [0.4, 0.5) is 0 Å². The van der Waals surface area contributed by atoms with Crippen LogP contribution in [0, 0.1) is 5.92 Å². The second-order valence-corrected chi connectivity index (χ2v) is 3.64. The maximum atomic E-state index is 5.72. The molecule has 2 N–H and O–H groups in total. The van der Waals surface area contributed by atoms with Crippen molar-refractivity contribution < 1.29 is 0 Å². The SMILES string of the molecule is CC1CN=C(N)N1CC1CC1. The molecule has 0 amide bonds. The number of nitrogens with zero attached hydrogens (tertiary/aromatic N) is 2. The van der Waals surface area contributed by atoms with E-state index in [4.69, 9.17) is 5.73 Å². The Hall–Kier alpha value is -0.730. The number of nitrogens with two attached hydrogens (primary N) is 1. The Labute approximate surface area is 67.3 Å². The van der Waals surface area contributed by atoms with Crippen molar-refractivity contribution in [2.75, 3.05) is 13.1 Å². The minimum atomic E-state index is 0.538. The van der Waals surface area contributed by atoms with E-state index in [9.17, 15) is 0 Å². The summed E-state index contributed by atoms with van der Waals surface area (Å²) in [5.74, 6) is 1.66. The minimum absolute atomic E-state index is 0.538. The van der Waals surface area contributed by atoms with Crippen molar-refractivity contribution in [2.24, 2.45) is 16.6 Å². The van der Waals surface area contributed by atoms with Crippen LogP contribution in [-0.2, 0) is 0 Å². The van der Waals surface area contributed by atoms with Crippen LogP contribution < -0.4 is 5.73 Å². The van der Waals surface area contributed by atoms with Crippen molar-refractivity contribution in [1.82, 2.24) is 4.90 Å². The van der Waals surface area contributed by atoms with Crippen molar-refractivity contribution in [3.63, 3.8) is 0 Å². The van der Waals surface area contributed by atoms with Crippen LogP contribution in [0.1, 0.15) is 19.8 Å². The van der Waals surface area contributed by atoms with Gasteiger partial charge in [-0.15, -0.1) is 0 Å². The molecule has 0 aromatic rings. The normalized spacial score (nSPS) is 30.8. The van der Waals surface area contributed by atoms with E-state index in [0.717, 1.165) is 25.0 Å². The van der Waals surface area contributed by atoms with E-state index < -0.39 is 0 Å². The van der Waals surface area contributed by atoms with Crippen LogP contribution in [0.5, 0.6) is 0 Å². The predicted molar refractivity (Wildman–Crippen MR) is 45.4 cm³/mol. The molecule has 0 radical (unpaired) electrons. The molecule has 1 aliphatic heterocycles. The molecule has 0 saturated heterocycles. The minimum Gasteiger partial charge on any atom is -0.370 e. The Balaban J connectivity index is 1.93. The average Bonchev–Trinajstić information content (AvgIpc) is 2.73. The van der Waals surface area contributed by atoms with E-state index in [-0.39, 0.29) is 0 Å². The van der Waals surface area contributed by atoms with E-state index in [1.807, 2.05) is 0 Å². The maximum absolute atomic E-state index is 5.72. The highest BCUT2D eigenvalue weighted by molar-refractivity contribution is 5.80. The monoisotopic (exact) mass is 153 g/mol. The largest absolute Gasteiger partial charge is 0.370 e. The van der Waals surface area contributed by atoms with Gasteiger partial charge in [0, 0.05) is 12.6 Å². The van der Waals surface area contributed by atoms with Gasteiger partial charge in [0.2, 0.25) is 0 Å².